The van der Waals surface area contributed by atoms with E-state index in [-0.39, 0.29) is 5.52 Å². The number of hydrogen-bond donors (Lipinski definition) is 0. The van der Waals surface area contributed by atoms with Crippen LogP contribution in [0.4, 0.5) is 13.2 Å². The zero-order valence-electron chi connectivity index (χ0n) is 10.6. The van der Waals surface area contributed by atoms with Gasteiger partial charge in [0, 0.05) is 11.6 Å². The highest BCUT2D eigenvalue weighted by atomic mass is 19.4. The van der Waals surface area contributed by atoms with Gasteiger partial charge in [0.05, 0.1) is 16.8 Å². The molecule has 21 heavy (non-hydrogen) atoms. The monoisotopic (exact) mass is 290 g/mol. The Morgan fingerprint density at radius 3 is 2.38 bits per heavy atom. The van der Waals surface area contributed by atoms with E-state index in [0.717, 1.165) is 12.1 Å². The predicted molar refractivity (Wildman–Crippen MR) is 72.3 cm³/mol. The van der Waals surface area contributed by atoms with Gasteiger partial charge in [-0.15, -0.1) is 0 Å². The lowest BCUT2D eigenvalue weighted by Gasteiger charge is -2.12. The molecule has 3 nitrogen and oxygen atoms in total. The smallest absolute Gasteiger partial charge is 0.261 e. The number of aromatic nitrogens is 2. The van der Waals surface area contributed by atoms with Crippen molar-refractivity contribution < 1.29 is 13.2 Å². The van der Waals surface area contributed by atoms with Crippen molar-refractivity contribution in [2.45, 2.75) is 6.18 Å². The van der Waals surface area contributed by atoms with Gasteiger partial charge in [-0.25, -0.2) is 9.78 Å². The maximum absolute atomic E-state index is 12.8. The Kier molecular flexibility index (Phi) is 3.01. The molecule has 0 bridgehead atoms. The van der Waals surface area contributed by atoms with Crippen molar-refractivity contribution in [3.8, 4) is 5.69 Å². The summed E-state index contributed by atoms with van der Waals surface area (Å²) in [7, 11) is 0. The highest BCUT2D eigenvalue weighted by molar-refractivity contribution is 5.80. The first-order valence-corrected chi connectivity index (χ1v) is 6.11. The second-order valence-corrected chi connectivity index (χ2v) is 4.48. The van der Waals surface area contributed by atoms with Crippen molar-refractivity contribution in [2.24, 2.45) is 0 Å². The number of benzene rings is 2. The van der Waals surface area contributed by atoms with E-state index in [0.29, 0.717) is 11.1 Å². The summed E-state index contributed by atoms with van der Waals surface area (Å²) >= 11 is 0. The van der Waals surface area contributed by atoms with Crippen LogP contribution in [-0.2, 0) is 6.18 Å². The summed E-state index contributed by atoms with van der Waals surface area (Å²) in [4.78, 5) is 15.7. The fourth-order valence-corrected chi connectivity index (χ4v) is 2.13. The summed E-state index contributed by atoms with van der Waals surface area (Å²) in [5.41, 5.74) is -0.769. The van der Waals surface area contributed by atoms with Gasteiger partial charge in [-0.3, -0.25) is 4.57 Å². The fourth-order valence-electron chi connectivity index (χ4n) is 2.13. The first-order valence-electron chi connectivity index (χ1n) is 6.11. The largest absolute Gasteiger partial charge is 0.416 e. The molecule has 0 fully saturated rings. The molecule has 0 saturated heterocycles. The molecule has 0 aliphatic rings. The average Bonchev–Trinajstić information content (AvgIpc) is 2.46. The lowest BCUT2D eigenvalue weighted by Crippen LogP contribution is -2.21. The summed E-state index contributed by atoms with van der Waals surface area (Å²) < 4.78 is 39.7. The van der Waals surface area contributed by atoms with Gasteiger partial charge in [0.1, 0.15) is 0 Å². The normalized spacial score (nSPS) is 11.8. The molecule has 0 N–H and O–H groups in total. The Labute approximate surface area is 117 Å². The van der Waals surface area contributed by atoms with Crippen LogP contribution in [0.3, 0.4) is 0 Å². The molecular formula is C15H9F3N2O. The molecule has 1 aromatic heterocycles. The van der Waals surface area contributed by atoms with Gasteiger partial charge in [0.25, 0.3) is 0 Å². The molecular weight excluding hydrogens is 281 g/mol. The van der Waals surface area contributed by atoms with Crippen molar-refractivity contribution in [3.63, 3.8) is 0 Å². The third-order valence-corrected chi connectivity index (χ3v) is 3.12. The molecule has 3 aromatic rings. The minimum absolute atomic E-state index is 0.177. The zero-order valence-corrected chi connectivity index (χ0v) is 10.6. The Bertz CT molecular complexity index is 854. The van der Waals surface area contributed by atoms with Crippen LogP contribution in [0.2, 0.25) is 0 Å². The van der Waals surface area contributed by atoms with Gasteiger partial charge >= 0.3 is 11.9 Å². The van der Waals surface area contributed by atoms with E-state index in [4.69, 9.17) is 0 Å². The third-order valence-electron chi connectivity index (χ3n) is 3.12. The number of rotatable bonds is 1. The van der Waals surface area contributed by atoms with E-state index in [1.165, 1.54) is 16.8 Å². The van der Waals surface area contributed by atoms with Crippen molar-refractivity contribution >= 4 is 10.9 Å². The minimum Gasteiger partial charge on any atom is -0.261 e. The van der Waals surface area contributed by atoms with Crippen molar-refractivity contribution in [2.75, 3.05) is 0 Å². The van der Waals surface area contributed by atoms with Crippen molar-refractivity contribution in [1.29, 1.82) is 0 Å². The highest BCUT2D eigenvalue weighted by Gasteiger charge is 2.30. The molecule has 1 heterocycles. The molecule has 0 atom stereocenters. The molecule has 0 amide bonds. The molecule has 0 spiro atoms. The SMILES string of the molecule is O=c1ncc2ccc(C(F)(F)F)cc2n1-c1ccccc1. The lowest BCUT2D eigenvalue weighted by atomic mass is 10.1. The van der Waals surface area contributed by atoms with Crippen LogP contribution < -0.4 is 5.69 Å². The predicted octanol–water partition coefficient (Wildman–Crippen LogP) is 3.40. The quantitative estimate of drug-likeness (QED) is 0.688. The number of alkyl halides is 3. The molecule has 0 radical (unpaired) electrons. The summed E-state index contributed by atoms with van der Waals surface area (Å²) in [6.07, 6.45) is -3.19. The minimum atomic E-state index is -4.46. The summed E-state index contributed by atoms with van der Waals surface area (Å²) in [6.45, 7) is 0. The van der Waals surface area contributed by atoms with Gasteiger partial charge in [0.15, 0.2) is 0 Å². The van der Waals surface area contributed by atoms with Crippen LogP contribution in [-0.4, -0.2) is 9.55 Å². The van der Waals surface area contributed by atoms with Crippen LogP contribution in [0.15, 0.2) is 59.5 Å². The van der Waals surface area contributed by atoms with Gasteiger partial charge in [0.2, 0.25) is 0 Å². The van der Waals surface area contributed by atoms with E-state index >= 15 is 0 Å². The van der Waals surface area contributed by atoms with Crippen LogP contribution >= 0.6 is 0 Å². The topological polar surface area (TPSA) is 34.9 Å². The molecule has 106 valence electrons. The molecule has 2 aromatic carbocycles. The van der Waals surface area contributed by atoms with Crippen LogP contribution in [0.1, 0.15) is 5.56 Å². The number of fused-ring (bicyclic) bond motifs is 1. The molecule has 6 heteroatoms. The van der Waals surface area contributed by atoms with Crippen LogP contribution in [0.25, 0.3) is 16.6 Å². The first kappa shape index (κ1) is 13.4. The van der Waals surface area contributed by atoms with E-state index in [1.54, 1.807) is 30.3 Å². The van der Waals surface area contributed by atoms with Crippen molar-refractivity contribution in [3.05, 3.63) is 70.8 Å². The third kappa shape index (κ3) is 2.40. The Balaban J connectivity index is 2.37. The standard InChI is InChI=1S/C15H9F3N2O/c16-15(17,18)11-7-6-10-9-19-14(21)20(13(10)8-11)12-4-2-1-3-5-12/h1-9H. The fraction of sp³-hybridized carbons (Fsp3) is 0.0667. The van der Waals surface area contributed by atoms with Gasteiger partial charge in [-0.1, -0.05) is 24.3 Å². The van der Waals surface area contributed by atoms with Gasteiger partial charge < -0.3 is 0 Å². The Morgan fingerprint density at radius 2 is 1.71 bits per heavy atom. The second-order valence-electron chi connectivity index (χ2n) is 4.48. The summed E-state index contributed by atoms with van der Waals surface area (Å²) in [5, 5.41) is 0.464. The molecule has 0 aliphatic heterocycles. The van der Waals surface area contributed by atoms with E-state index in [9.17, 15) is 18.0 Å². The molecule has 3 rings (SSSR count). The number of halogens is 3. The summed E-state index contributed by atoms with van der Waals surface area (Å²) in [6, 6.07) is 11.7. The van der Waals surface area contributed by atoms with Gasteiger partial charge in [-0.05, 0) is 24.3 Å². The zero-order chi connectivity index (χ0) is 15.0. The maximum Gasteiger partial charge on any atom is 0.416 e. The number of nitrogens with zero attached hydrogens (tertiary/aromatic N) is 2. The van der Waals surface area contributed by atoms with E-state index < -0.39 is 17.4 Å². The number of hydrogen-bond acceptors (Lipinski definition) is 2. The van der Waals surface area contributed by atoms with Crippen molar-refractivity contribution in [1.82, 2.24) is 9.55 Å². The average molecular weight is 290 g/mol. The second kappa shape index (κ2) is 4.73. The molecule has 0 unspecified atom stereocenters. The summed E-state index contributed by atoms with van der Waals surface area (Å²) in [5.74, 6) is 0. The van der Waals surface area contributed by atoms with E-state index in [1.807, 2.05) is 0 Å². The lowest BCUT2D eigenvalue weighted by molar-refractivity contribution is -0.137. The number of para-hydroxylation sites is 1. The highest BCUT2D eigenvalue weighted by Crippen LogP contribution is 2.31. The maximum atomic E-state index is 12.8. The Morgan fingerprint density at radius 1 is 1.00 bits per heavy atom. The Hall–Kier alpha value is -2.63. The van der Waals surface area contributed by atoms with E-state index in [2.05, 4.69) is 4.98 Å². The molecule has 0 aliphatic carbocycles. The molecule has 0 saturated carbocycles. The van der Waals surface area contributed by atoms with Crippen LogP contribution in [0.5, 0.6) is 0 Å². The first-order chi connectivity index (χ1) is 9.97. The van der Waals surface area contributed by atoms with Crippen LogP contribution in [0, 0.1) is 0 Å². The van der Waals surface area contributed by atoms with Gasteiger partial charge in [-0.2, -0.15) is 13.2 Å².